The van der Waals surface area contributed by atoms with Crippen LogP contribution < -0.4 is 4.74 Å². The van der Waals surface area contributed by atoms with Crippen LogP contribution in [0.1, 0.15) is 34.5 Å². The number of para-hydroxylation sites is 1. The van der Waals surface area contributed by atoms with Crippen molar-refractivity contribution in [2.45, 2.75) is 24.8 Å². The second-order valence-corrected chi connectivity index (χ2v) is 8.10. The monoisotopic (exact) mass is 361 g/mol. The van der Waals surface area contributed by atoms with E-state index in [1.165, 1.54) is 12.1 Å². The Balaban J connectivity index is 2.40. The average Bonchev–Trinajstić information content (AvgIpc) is 2.59. The van der Waals surface area contributed by atoms with Gasteiger partial charge in [0.1, 0.15) is 5.75 Å². The molecule has 0 N–H and O–H groups in total. The lowest BCUT2D eigenvalue weighted by Crippen LogP contribution is -2.30. The second kappa shape index (κ2) is 7.27. The molecule has 5 nitrogen and oxygen atoms in total. The predicted molar refractivity (Wildman–Crippen MR) is 97.8 cm³/mol. The van der Waals surface area contributed by atoms with Gasteiger partial charge < -0.3 is 9.64 Å². The summed E-state index contributed by atoms with van der Waals surface area (Å²) >= 11 is 0. The fraction of sp³-hybridized carbons (Fsp3) is 0.316. The zero-order valence-corrected chi connectivity index (χ0v) is 15.9. The Bertz CT molecular complexity index is 890. The molecule has 0 heterocycles. The van der Waals surface area contributed by atoms with Crippen LogP contribution in [0.25, 0.3) is 0 Å². The number of rotatable bonds is 5. The maximum atomic E-state index is 12.9. The van der Waals surface area contributed by atoms with Gasteiger partial charge in [0.25, 0.3) is 5.91 Å². The molecular weight excluding hydrogens is 338 g/mol. The zero-order valence-electron chi connectivity index (χ0n) is 15.1. The van der Waals surface area contributed by atoms with Gasteiger partial charge >= 0.3 is 0 Å². The summed E-state index contributed by atoms with van der Waals surface area (Å²) < 4.78 is 28.9. The van der Waals surface area contributed by atoms with Crippen molar-refractivity contribution in [1.29, 1.82) is 0 Å². The van der Waals surface area contributed by atoms with Crippen LogP contribution in [0, 0.1) is 6.92 Å². The van der Waals surface area contributed by atoms with Crippen LogP contribution >= 0.6 is 0 Å². The van der Waals surface area contributed by atoms with Crippen LogP contribution in [0.15, 0.2) is 47.4 Å². The molecule has 0 aliphatic carbocycles. The number of carbonyl (C=O) groups excluding carboxylic acids is 1. The highest BCUT2D eigenvalue weighted by molar-refractivity contribution is 7.90. The molecule has 0 aromatic heterocycles. The number of sulfone groups is 1. The van der Waals surface area contributed by atoms with Crippen molar-refractivity contribution in [2.24, 2.45) is 0 Å². The Labute approximate surface area is 149 Å². The number of benzene rings is 2. The molecule has 1 unspecified atom stereocenters. The van der Waals surface area contributed by atoms with E-state index >= 15 is 0 Å². The van der Waals surface area contributed by atoms with E-state index in [9.17, 15) is 13.2 Å². The number of ether oxygens (including phenoxy) is 1. The van der Waals surface area contributed by atoms with Crippen LogP contribution in [-0.2, 0) is 9.84 Å². The quantitative estimate of drug-likeness (QED) is 0.820. The lowest BCUT2D eigenvalue weighted by Gasteiger charge is -2.27. The Morgan fingerprint density at radius 2 is 1.80 bits per heavy atom. The molecule has 0 spiro atoms. The van der Waals surface area contributed by atoms with Crippen molar-refractivity contribution in [3.8, 4) is 5.75 Å². The molecular formula is C19H23NO4S. The highest BCUT2D eigenvalue weighted by Gasteiger charge is 2.23. The van der Waals surface area contributed by atoms with Crippen LogP contribution in [0.5, 0.6) is 5.75 Å². The van der Waals surface area contributed by atoms with Crippen molar-refractivity contribution in [1.82, 2.24) is 4.90 Å². The predicted octanol–water partition coefficient (Wildman–Crippen LogP) is 3.24. The molecule has 0 aliphatic heterocycles. The van der Waals surface area contributed by atoms with Crippen molar-refractivity contribution in [2.75, 3.05) is 20.4 Å². The van der Waals surface area contributed by atoms with Crippen LogP contribution in [0.2, 0.25) is 0 Å². The molecule has 1 amide bonds. The maximum Gasteiger partial charge on any atom is 0.254 e. The molecule has 0 bridgehead atoms. The molecule has 0 saturated carbocycles. The second-order valence-electron chi connectivity index (χ2n) is 6.08. The smallest absolute Gasteiger partial charge is 0.254 e. The highest BCUT2D eigenvalue weighted by Crippen LogP contribution is 2.29. The molecule has 2 rings (SSSR count). The Hall–Kier alpha value is -2.34. The summed E-state index contributed by atoms with van der Waals surface area (Å²) in [6.45, 7) is 3.70. The lowest BCUT2D eigenvalue weighted by molar-refractivity contribution is 0.0740. The molecule has 2 aromatic rings. The van der Waals surface area contributed by atoms with E-state index in [-0.39, 0.29) is 16.8 Å². The third-order valence-corrected chi connectivity index (χ3v) is 5.47. The summed E-state index contributed by atoms with van der Waals surface area (Å²) in [4.78, 5) is 14.7. The number of carbonyl (C=O) groups is 1. The van der Waals surface area contributed by atoms with Crippen molar-refractivity contribution in [3.63, 3.8) is 0 Å². The Morgan fingerprint density at radius 3 is 2.40 bits per heavy atom. The topological polar surface area (TPSA) is 63.7 Å². The number of methoxy groups -OCH3 is 1. The lowest BCUT2D eigenvalue weighted by atomic mass is 10.0. The summed E-state index contributed by atoms with van der Waals surface area (Å²) in [5, 5.41) is 0. The van der Waals surface area contributed by atoms with Crippen molar-refractivity contribution < 1.29 is 17.9 Å². The Kier molecular flexibility index (Phi) is 5.52. The molecule has 25 heavy (non-hydrogen) atoms. The van der Waals surface area contributed by atoms with E-state index in [2.05, 4.69) is 0 Å². The average molecular weight is 361 g/mol. The van der Waals surface area contributed by atoms with Crippen LogP contribution in [-0.4, -0.2) is 39.6 Å². The molecule has 1 atom stereocenters. The first-order valence-electron chi connectivity index (χ1n) is 7.87. The van der Waals surface area contributed by atoms with Gasteiger partial charge in [-0.2, -0.15) is 0 Å². The van der Waals surface area contributed by atoms with E-state index < -0.39 is 9.84 Å². The van der Waals surface area contributed by atoms with Gasteiger partial charge in [-0.1, -0.05) is 24.3 Å². The first kappa shape index (κ1) is 19.0. The van der Waals surface area contributed by atoms with E-state index in [1.807, 2.05) is 31.2 Å². The van der Waals surface area contributed by atoms with Crippen molar-refractivity contribution >= 4 is 15.7 Å². The highest BCUT2D eigenvalue weighted by atomic mass is 32.2. The first-order valence-corrected chi connectivity index (χ1v) is 9.76. The van der Waals surface area contributed by atoms with Gasteiger partial charge in [0.05, 0.1) is 18.0 Å². The fourth-order valence-electron chi connectivity index (χ4n) is 2.65. The zero-order chi connectivity index (χ0) is 18.8. The largest absolute Gasteiger partial charge is 0.496 e. The third kappa shape index (κ3) is 4.02. The summed E-state index contributed by atoms with van der Waals surface area (Å²) in [7, 11) is -0.0843. The van der Waals surface area contributed by atoms with Gasteiger partial charge in [-0.15, -0.1) is 0 Å². The Morgan fingerprint density at radius 1 is 1.16 bits per heavy atom. The number of hydrogen-bond donors (Lipinski definition) is 0. The summed E-state index contributed by atoms with van der Waals surface area (Å²) in [6, 6.07) is 11.9. The minimum absolute atomic E-state index is 0.139. The van der Waals surface area contributed by atoms with Gasteiger partial charge in [0.2, 0.25) is 0 Å². The molecule has 134 valence electrons. The van der Waals surface area contributed by atoms with E-state index in [0.717, 1.165) is 17.4 Å². The van der Waals surface area contributed by atoms with Gasteiger partial charge in [0, 0.05) is 24.4 Å². The van der Waals surface area contributed by atoms with Gasteiger partial charge in [-0.3, -0.25) is 4.79 Å². The molecule has 6 heteroatoms. The first-order chi connectivity index (χ1) is 11.7. The summed E-state index contributed by atoms with van der Waals surface area (Å²) in [5.74, 6) is 0.470. The number of nitrogens with zero attached hydrogens (tertiary/aromatic N) is 1. The van der Waals surface area contributed by atoms with E-state index in [0.29, 0.717) is 11.3 Å². The fourth-order valence-corrected chi connectivity index (χ4v) is 3.30. The standard InChI is InChI=1S/C19H23NO4S/c1-13-10-11-15(25(5,22)23)12-17(13)19(21)20(3)14(2)16-8-6-7-9-18(16)24-4/h6-12,14H,1-5H3. The van der Waals surface area contributed by atoms with Crippen LogP contribution in [0.4, 0.5) is 0 Å². The minimum Gasteiger partial charge on any atom is -0.496 e. The molecule has 2 aromatic carbocycles. The molecule has 0 aliphatic rings. The molecule has 0 fully saturated rings. The van der Waals surface area contributed by atoms with Crippen LogP contribution in [0.3, 0.4) is 0 Å². The minimum atomic E-state index is -3.38. The number of amides is 1. The van der Waals surface area contributed by atoms with Gasteiger partial charge in [-0.25, -0.2) is 8.42 Å². The molecule has 0 radical (unpaired) electrons. The SMILES string of the molecule is COc1ccccc1C(C)N(C)C(=O)c1cc(S(C)(=O)=O)ccc1C. The van der Waals surface area contributed by atoms with E-state index in [1.54, 1.807) is 32.0 Å². The summed E-state index contributed by atoms with van der Waals surface area (Å²) in [6.07, 6.45) is 1.13. The number of aryl methyl sites for hydroxylation is 1. The number of hydrogen-bond acceptors (Lipinski definition) is 4. The summed E-state index contributed by atoms with van der Waals surface area (Å²) in [5.41, 5.74) is 2.00. The van der Waals surface area contributed by atoms with Gasteiger partial charge in [0.15, 0.2) is 9.84 Å². The third-order valence-electron chi connectivity index (χ3n) is 4.36. The maximum absolute atomic E-state index is 12.9. The van der Waals surface area contributed by atoms with Gasteiger partial charge in [-0.05, 0) is 37.6 Å². The van der Waals surface area contributed by atoms with E-state index in [4.69, 9.17) is 4.74 Å². The molecule has 0 saturated heterocycles. The normalized spacial score (nSPS) is 12.5. The van der Waals surface area contributed by atoms with Crippen molar-refractivity contribution in [3.05, 3.63) is 59.2 Å².